The standard InChI is InChI=1S/C23H35BrO3/c1-3-22(25)21(24)19-17-15-13-11-9-7-5-4-6-8-10-12-14-16-18-20-23(26)27-2/h4-5,8-11,14-17,21-22,25H,3,6-7,12-13,18-20H2,1-2H3/b5-4-,10-8-,11-9-,16-14-,17-15-/t21-,22-/m1/s1. The minimum atomic E-state index is -0.271. The molecule has 0 aliphatic heterocycles. The Morgan fingerprint density at radius 2 is 1.33 bits per heavy atom. The molecule has 0 heterocycles. The van der Waals surface area contributed by atoms with Crippen molar-refractivity contribution >= 4 is 21.9 Å². The Balaban J connectivity index is 3.62. The molecule has 1 N–H and O–H groups in total. The summed E-state index contributed by atoms with van der Waals surface area (Å²) in [6, 6.07) is 0. The molecule has 0 saturated carbocycles. The highest BCUT2D eigenvalue weighted by atomic mass is 79.9. The van der Waals surface area contributed by atoms with Gasteiger partial charge in [-0.15, -0.1) is 0 Å². The van der Waals surface area contributed by atoms with Crippen LogP contribution in [0.15, 0.2) is 60.8 Å². The zero-order valence-electron chi connectivity index (χ0n) is 16.7. The van der Waals surface area contributed by atoms with Crippen LogP contribution in [0.1, 0.15) is 58.3 Å². The van der Waals surface area contributed by atoms with Crippen molar-refractivity contribution in [3.63, 3.8) is 0 Å². The second kappa shape index (κ2) is 19.4. The minimum absolute atomic E-state index is 0.147. The van der Waals surface area contributed by atoms with Crippen molar-refractivity contribution in [2.24, 2.45) is 0 Å². The highest BCUT2D eigenvalue weighted by Crippen LogP contribution is 2.13. The molecule has 0 saturated heterocycles. The Kier molecular flexibility index (Phi) is 18.4. The molecule has 0 aromatic heterocycles. The van der Waals surface area contributed by atoms with Crippen LogP contribution >= 0.6 is 15.9 Å². The van der Waals surface area contributed by atoms with Gasteiger partial charge in [0.1, 0.15) is 0 Å². The Hall–Kier alpha value is -1.39. The highest BCUT2D eigenvalue weighted by molar-refractivity contribution is 9.09. The first-order valence-electron chi connectivity index (χ1n) is 9.75. The average Bonchev–Trinajstić information content (AvgIpc) is 2.69. The zero-order valence-corrected chi connectivity index (χ0v) is 18.3. The molecule has 0 aliphatic carbocycles. The zero-order chi connectivity index (χ0) is 20.2. The van der Waals surface area contributed by atoms with E-state index in [1.807, 2.05) is 13.0 Å². The van der Waals surface area contributed by atoms with Crippen LogP contribution in [0.4, 0.5) is 0 Å². The smallest absolute Gasteiger partial charge is 0.305 e. The van der Waals surface area contributed by atoms with Crippen LogP contribution in [0.2, 0.25) is 0 Å². The number of rotatable bonds is 15. The van der Waals surface area contributed by atoms with Gasteiger partial charge in [-0.2, -0.15) is 0 Å². The predicted molar refractivity (Wildman–Crippen MR) is 119 cm³/mol. The van der Waals surface area contributed by atoms with Crippen molar-refractivity contribution in [2.45, 2.75) is 69.2 Å². The van der Waals surface area contributed by atoms with E-state index < -0.39 is 0 Å². The van der Waals surface area contributed by atoms with E-state index in [2.05, 4.69) is 75.4 Å². The van der Waals surface area contributed by atoms with E-state index in [1.165, 1.54) is 7.11 Å². The topological polar surface area (TPSA) is 46.5 Å². The number of carbonyl (C=O) groups is 1. The quantitative estimate of drug-likeness (QED) is 0.188. The molecule has 3 nitrogen and oxygen atoms in total. The molecule has 27 heavy (non-hydrogen) atoms. The van der Waals surface area contributed by atoms with Gasteiger partial charge in [-0.1, -0.05) is 83.6 Å². The summed E-state index contributed by atoms with van der Waals surface area (Å²) < 4.78 is 4.58. The molecular weight excluding hydrogens is 404 g/mol. The SMILES string of the molecule is CC[C@@H](O)[C@H](Br)C/C=C\C/C=C\C/C=C\C/C=C\C/C=C\CCC(=O)OC. The summed E-state index contributed by atoms with van der Waals surface area (Å²) in [5.41, 5.74) is 0. The first-order valence-corrected chi connectivity index (χ1v) is 10.7. The van der Waals surface area contributed by atoms with Crippen molar-refractivity contribution in [1.82, 2.24) is 0 Å². The summed E-state index contributed by atoms with van der Waals surface area (Å²) in [5, 5.41) is 9.65. The van der Waals surface area contributed by atoms with Gasteiger partial charge in [-0.25, -0.2) is 0 Å². The van der Waals surface area contributed by atoms with Crippen molar-refractivity contribution < 1.29 is 14.6 Å². The Bertz CT molecular complexity index is 504. The molecule has 0 rings (SSSR count). The van der Waals surface area contributed by atoms with Crippen molar-refractivity contribution in [2.75, 3.05) is 7.11 Å². The van der Waals surface area contributed by atoms with Gasteiger partial charge in [0, 0.05) is 11.2 Å². The molecule has 0 aromatic rings. The average molecular weight is 439 g/mol. The van der Waals surface area contributed by atoms with Crippen LogP contribution in [-0.4, -0.2) is 29.1 Å². The number of aliphatic hydroxyl groups excluding tert-OH is 1. The molecule has 4 heteroatoms. The van der Waals surface area contributed by atoms with Crippen LogP contribution in [0.5, 0.6) is 0 Å². The van der Waals surface area contributed by atoms with Gasteiger partial charge < -0.3 is 9.84 Å². The van der Waals surface area contributed by atoms with E-state index in [0.717, 1.165) is 44.9 Å². The summed E-state index contributed by atoms with van der Waals surface area (Å²) >= 11 is 3.50. The second-order valence-corrected chi connectivity index (χ2v) is 7.32. The van der Waals surface area contributed by atoms with Crippen LogP contribution in [0.25, 0.3) is 0 Å². The van der Waals surface area contributed by atoms with Gasteiger partial charge in [0.2, 0.25) is 0 Å². The normalized spacial score (nSPS) is 15.0. The summed E-state index contributed by atoms with van der Waals surface area (Å²) in [4.78, 5) is 11.1. The third-order valence-electron chi connectivity index (χ3n) is 3.86. The minimum Gasteiger partial charge on any atom is -0.469 e. The fraction of sp³-hybridized carbons (Fsp3) is 0.522. The molecular formula is C23H35BrO3. The van der Waals surface area contributed by atoms with E-state index in [4.69, 9.17) is 0 Å². The molecule has 0 bridgehead atoms. The number of carbonyl (C=O) groups excluding carboxylic acids is 1. The molecule has 0 unspecified atom stereocenters. The lowest BCUT2D eigenvalue weighted by molar-refractivity contribution is -0.140. The predicted octanol–water partition coefficient (Wildman–Crippen LogP) is 6.21. The molecule has 2 atom stereocenters. The van der Waals surface area contributed by atoms with Crippen LogP contribution in [-0.2, 0) is 9.53 Å². The maximum atomic E-state index is 10.9. The Labute approximate surface area is 173 Å². The third-order valence-corrected chi connectivity index (χ3v) is 4.85. The maximum Gasteiger partial charge on any atom is 0.305 e. The molecule has 0 spiro atoms. The number of ether oxygens (including phenoxy) is 1. The lowest BCUT2D eigenvalue weighted by Crippen LogP contribution is -2.18. The summed E-state index contributed by atoms with van der Waals surface area (Å²) in [6.45, 7) is 1.99. The molecule has 0 fully saturated rings. The van der Waals surface area contributed by atoms with Crippen LogP contribution in [0, 0.1) is 0 Å². The third kappa shape index (κ3) is 17.8. The molecule has 0 aromatic carbocycles. The highest BCUT2D eigenvalue weighted by Gasteiger charge is 2.11. The molecule has 152 valence electrons. The van der Waals surface area contributed by atoms with Gasteiger partial charge in [0.25, 0.3) is 0 Å². The van der Waals surface area contributed by atoms with Gasteiger partial charge in [0.05, 0.1) is 13.2 Å². The first-order chi connectivity index (χ1) is 13.1. The number of esters is 1. The first kappa shape index (κ1) is 25.6. The fourth-order valence-corrected chi connectivity index (χ4v) is 2.73. The van der Waals surface area contributed by atoms with Gasteiger partial charge >= 0.3 is 5.97 Å². The van der Waals surface area contributed by atoms with E-state index in [-0.39, 0.29) is 16.9 Å². The second-order valence-electron chi connectivity index (χ2n) is 6.14. The van der Waals surface area contributed by atoms with Crippen LogP contribution in [0.3, 0.4) is 0 Å². The number of hydrogen-bond acceptors (Lipinski definition) is 3. The summed E-state index contributed by atoms with van der Waals surface area (Å²) in [7, 11) is 1.41. The van der Waals surface area contributed by atoms with E-state index in [0.29, 0.717) is 6.42 Å². The van der Waals surface area contributed by atoms with Gasteiger partial charge in [0.15, 0.2) is 0 Å². The lowest BCUT2D eigenvalue weighted by Gasteiger charge is -2.12. The number of methoxy groups -OCH3 is 1. The molecule has 0 aliphatic rings. The number of alkyl halides is 1. The Morgan fingerprint density at radius 3 is 1.78 bits per heavy atom. The molecule has 0 radical (unpaired) electrons. The maximum absolute atomic E-state index is 10.9. The fourth-order valence-electron chi connectivity index (χ4n) is 2.14. The summed E-state index contributed by atoms with van der Waals surface area (Å²) in [6.07, 6.45) is 27.5. The van der Waals surface area contributed by atoms with Gasteiger partial charge in [-0.05, 0) is 44.9 Å². The van der Waals surface area contributed by atoms with Crippen molar-refractivity contribution in [1.29, 1.82) is 0 Å². The van der Waals surface area contributed by atoms with Crippen LogP contribution < -0.4 is 0 Å². The lowest BCUT2D eigenvalue weighted by atomic mass is 10.1. The van der Waals surface area contributed by atoms with E-state index in [9.17, 15) is 9.90 Å². The number of allylic oxidation sites excluding steroid dienone is 10. The van der Waals surface area contributed by atoms with Crippen molar-refractivity contribution in [3.8, 4) is 0 Å². The van der Waals surface area contributed by atoms with Crippen molar-refractivity contribution in [3.05, 3.63) is 60.8 Å². The van der Waals surface area contributed by atoms with E-state index >= 15 is 0 Å². The Morgan fingerprint density at radius 1 is 0.889 bits per heavy atom. The van der Waals surface area contributed by atoms with E-state index in [1.54, 1.807) is 0 Å². The molecule has 0 amide bonds. The van der Waals surface area contributed by atoms with Gasteiger partial charge in [-0.3, -0.25) is 4.79 Å². The summed E-state index contributed by atoms with van der Waals surface area (Å²) in [5.74, 6) is -0.162. The number of halogens is 1. The number of hydrogen-bond donors (Lipinski definition) is 1. The monoisotopic (exact) mass is 438 g/mol. The number of aliphatic hydroxyl groups is 1. The largest absolute Gasteiger partial charge is 0.469 e.